The maximum Gasteiger partial charge on any atom is 0.0534 e. The summed E-state index contributed by atoms with van der Waals surface area (Å²) in [7, 11) is 1.98. The molecule has 0 aliphatic heterocycles. The maximum absolute atomic E-state index is 4.26. The van der Waals surface area contributed by atoms with Crippen LogP contribution in [0.5, 0.6) is 0 Å². The molecule has 3 nitrogen and oxygen atoms in total. The second-order valence-corrected chi connectivity index (χ2v) is 6.70. The molecule has 0 spiro atoms. The summed E-state index contributed by atoms with van der Waals surface area (Å²) in [6.07, 6.45) is 9.34. The monoisotopic (exact) mass is 281 g/mol. The van der Waals surface area contributed by atoms with Gasteiger partial charge in [-0.1, -0.05) is 24.3 Å². The lowest BCUT2D eigenvalue weighted by molar-refractivity contribution is 0.340. The van der Waals surface area contributed by atoms with Crippen molar-refractivity contribution >= 4 is 0 Å². The summed E-state index contributed by atoms with van der Waals surface area (Å²) in [5, 5.41) is 8.10. The van der Waals surface area contributed by atoms with Crippen LogP contribution in [0.1, 0.15) is 29.5 Å². The van der Waals surface area contributed by atoms with Gasteiger partial charge in [-0.25, -0.2) is 0 Å². The molecule has 1 fully saturated rings. The van der Waals surface area contributed by atoms with Gasteiger partial charge in [0.15, 0.2) is 0 Å². The molecule has 1 aromatic carbocycles. The van der Waals surface area contributed by atoms with E-state index in [-0.39, 0.29) is 0 Å². The molecule has 21 heavy (non-hydrogen) atoms. The van der Waals surface area contributed by atoms with Crippen molar-refractivity contribution in [3.8, 4) is 0 Å². The van der Waals surface area contributed by atoms with E-state index in [1.807, 2.05) is 17.9 Å². The highest BCUT2D eigenvalue weighted by atomic mass is 15.2. The van der Waals surface area contributed by atoms with Gasteiger partial charge in [0, 0.05) is 31.4 Å². The maximum atomic E-state index is 4.26. The molecular formula is C18H23N3. The molecule has 2 bridgehead atoms. The molecule has 4 rings (SSSR count). The predicted molar refractivity (Wildman–Crippen MR) is 83.9 cm³/mol. The summed E-state index contributed by atoms with van der Waals surface area (Å²) in [5.74, 6) is 1.60. The Hall–Kier alpha value is -1.61. The molecule has 2 atom stereocenters. The van der Waals surface area contributed by atoms with Crippen LogP contribution < -0.4 is 5.32 Å². The molecule has 2 aliphatic carbocycles. The van der Waals surface area contributed by atoms with Gasteiger partial charge in [-0.05, 0) is 48.6 Å². The van der Waals surface area contributed by atoms with Crippen LogP contribution in [-0.4, -0.2) is 15.8 Å². The first-order chi connectivity index (χ1) is 10.3. The third-order valence-corrected chi connectivity index (χ3v) is 5.31. The minimum atomic E-state index is 0.664. The van der Waals surface area contributed by atoms with E-state index in [1.165, 1.54) is 31.2 Å². The topological polar surface area (TPSA) is 29.9 Å². The Labute approximate surface area is 126 Å². The lowest BCUT2D eigenvalue weighted by Gasteiger charge is -2.23. The summed E-state index contributed by atoms with van der Waals surface area (Å²) in [6, 6.07) is 9.70. The fraction of sp³-hybridized carbons (Fsp3) is 0.500. The van der Waals surface area contributed by atoms with Crippen molar-refractivity contribution in [2.75, 3.05) is 0 Å². The normalized spacial score (nSPS) is 27.4. The number of hydrogen-bond donors (Lipinski definition) is 1. The summed E-state index contributed by atoms with van der Waals surface area (Å²) >= 11 is 0. The van der Waals surface area contributed by atoms with E-state index in [1.54, 1.807) is 11.1 Å². The number of aromatic nitrogens is 2. The van der Waals surface area contributed by atoms with Crippen molar-refractivity contribution in [1.29, 1.82) is 0 Å². The van der Waals surface area contributed by atoms with Crippen molar-refractivity contribution in [2.24, 2.45) is 18.9 Å². The molecule has 1 aromatic heterocycles. The number of benzene rings is 1. The van der Waals surface area contributed by atoms with E-state index in [2.05, 4.69) is 40.9 Å². The minimum absolute atomic E-state index is 0.664. The molecule has 2 unspecified atom stereocenters. The molecule has 0 saturated heterocycles. The first-order valence-corrected chi connectivity index (χ1v) is 8.07. The third-order valence-electron chi connectivity index (χ3n) is 5.31. The van der Waals surface area contributed by atoms with Gasteiger partial charge in [0.05, 0.1) is 6.20 Å². The van der Waals surface area contributed by atoms with Gasteiger partial charge in [0.2, 0.25) is 0 Å². The van der Waals surface area contributed by atoms with Crippen molar-refractivity contribution in [1.82, 2.24) is 15.1 Å². The summed E-state index contributed by atoms with van der Waals surface area (Å²) in [5.41, 5.74) is 4.45. The smallest absolute Gasteiger partial charge is 0.0534 e. The third kappa shape index (κ3) is 2.51. The van der Waals surface area contributed by atoms with Crippen LogP contribution >= 0.6 is 0 Å². The summed E-state index contributed by atoms with van der Waals surface area (Å²) in [4.78, 5) is 0. The number of rotatable bonds is 3. The largest absolute Gasteiger partial charge is 0.309 e. The Morgan fingerprint density at radius 1 is 1.14 bits per heavy atom. The Morgan fingerprint density at radius 2 is 1.81 bits per heavy atom. The number of hydrogen-bond acceptors (Lipinski definition) is 2. The fourth-order valence-electron chi connectivity index (χ4n) is 4.28. The van der Waals surface area contributed by atoms with Crippen molar-refractivity contribution in [2.45, 2.75) is 38.3 Å². The standard InChI is InChI=1S/C18H23N3/c1-21-12-13(11-20-21)10-19-18-16-6-7-17(18)9-15-5-3-2-4-14(15)8-16/h2-5,11-12,16-19H,6-10H2,1H3. The quantitative estimate of drug-likeness (QED) is 0.937. The molecule has 0 amide bonds. The zero-order valence-electron chi connectivity index (χ0n) is 12.6. The highest BCUT2D eigenvalue weighted by Gasteiger charge is 2.38. The average molecular weight is 281 g/mol. The number of fused-ring (bicyclic) bond motifs is 3. The average Bonchev–Trinajstić information content (AvgIpc) is 2.99. The van der Waals surface area contributed by atoms with Crippen molar-refractivity contribution < 1.29 is 0 Å². The van der Waals surface area contributed by atoms with Crippen LogP contribution in [0.15, 0.2) is 36.7 Å². The van der Waals surface area contributed by atoms with Crippen LogP contribution in [0.3, 0.4) is 0 Å². The molecule has 1 heterocycles. The lowest BCUT2D eigenvalue weighted by Crippen LogP contribution is -2.37. The van der Waals surface area contributed by atoms with Crippen LogP contribution in [0.4, 0.5) is 0 Å². The molecule has 0 radical (unpaired) electrons. The molecule has 110 valence electrons. The first-order valence-electron chi connectivity index (χ1n) is 8.07. The van der Waals surface area contributed by atoms with E-state index in [4.69, 9.17) is 0 Å². The number of nitrogens with one attached hydrogen (secondary N) is 1. The van der Waals surface area contributed by atoms with E-state index in [9.17, 15) is 0 Å². The molecule has 2 aliphatic rings. The van der Waals surface area contributed by atoms with E-state index < -0.39 is 0 Å². The zero-order chi connectivity index (χ0) is 14.2. The van der Waals surface area contributed by atoms with Gasteiger partial charge in [-0.2, -0.15) is 5.10 Å². The van der Waals surface area contributed by atoms with Gasteiger partial charge < -0.3 is 5.32 Å². The van der Waals surface area contributed by atoms with E-state index in [0.29, 0.717) is 6.04 Å². The zero-order valence-corrected chi connectivity index (χ0v) is 12.6. The fourth-order valence-corrected chi connectivity index (χ4v) is 4.28. The Balaban J connectivity index is 1.50. The number of aryl methyl sites for hydroxylation is 1. The van der Waals surface area contributed by atoms with E-state index in [0.717, 1.165) is 18.4 Å². The highest BCUT2D eigenvalue weighted by molar-refractivity contribution is 5.30. The van der Waals surface area contributed by atoms with Gasteiger partial charge in [0.1, 0.15) is 0 Å². The first kappa shape index (κ1) is 13.1. The second-order valence-electron chi connectivity index (χ2n) is 6.70. The van der Waals surface area contributed by atoms with Crippen LogP contribution in [0.2, 0.25) is 0 Å². The van der Waals surface area contributed by atoms with E-state index >= 15 is 0 Å². The van der Waals surface area contributed by atoms with Gasteiger partial charge in [-0.3, -0.25) is 4.68 Å². The van der Waals surface area contributed by atoms with Crippen LogP contribution in [0.25, 0.3) is 0 Å². The predicted octanol–water partition coefficient (Wildman–Crippen LogP) is 2.70. The molecular weight excluding hydrogens is 258 g/mol. The summed E-state index contributed by atoms with van der Waals surface area (Å²) < 4.78 is 1.88. The SMILES string of the molecule is Cn1cc(CNC2C3CCC2Cc2ccccc2C3)cn1. The molecule has 2 aromatic rings. The highest BCUT2D eigenvalue weighted by Crippen LogP contribution is 2.40. The van der Waals surface area contributed by atoms with Gasteiger partial charge in [0.25, 0.3) is 0 Å². The minimum Gasteiger partial charge on any atom is -0.309 e. The molecule has 1 N–H and O–H groups in total. The van der Waals surface area contributed by atoms with Crippen LogP contribution in [0, 0.1) is 11.8 Å². The molecule has 3 heteroatoms. The van der Waals surface area contributed by atoms with Gasteiger partial charge >= 0.3 is 0 Å². The Kier molecular flexibility index (Phi) is 3.30. The summed E-state index contributed by atoms with van der Waals surface area (Å²) in [6.45, 7) is 0.946. The van der Waals surface area contributed by atoms with Crippen molar-refractivity contribution in [3.05, 3.63) is 53.3 Å². The van der Waals surface area contributed by atoms with Crippen LogP contribution in [-0.2, 0) is 26.4 Å². The Bertz CT molecular complexity index is 598. The molecule has 1 saturated carbocycles. The number of nitrogens with zero attached hydrogens (tertiary/aromatic N) is 2. The lowest BCUT2D eigenvalue weighted by atomic mass is 9.94. The Morgan fingerprint density at radius 3 is 2.38 bits per heavy atom. The second kappa shape index (κ2) is 5.30. The van der Waals surface area contributed by atoms with Crippen molar-refractivity contribution in [3.63, 3.8) is 0 Å². The van der Waals surface area contributed by atoms with Gasteiger partial charge in [-0.15, -0.1) is 0 Å².